The minimum absolute atomic E-state index is 0.120. The van der Waals surface area contributed by atoms with Crippen LogP contribution in [-0.4, -0.2) is 24.0 Å². The summed E-state index contributed by atoms with van der Waals surface area (Å²) in [5.74, 6) is 0.764. The molecule has 0 radical (unpaired) electrons. The zero-order chi connectivity index (χ0) is 14.6. The number of carbonyl (C=O) groups excluding carboxylic acids is 1. The lowest BCUT2D eigenvalue weighted by molar-refractivity contribution is -0.127. The molecule has 2 heterocycles. The van der Waals surface area contributed by atoms with Crippen LogP contribution >= 0.6 is 15.9 Å². The number of nitrogens with zero attached hydrogens (tertiary/aromatic N) is 1. The van der Waals surface area contributed by atoms with Crippen LogP contribution in [0, 0.1) is 12.3 Å². The summed E-state index contributed by atoms with van der Waals surface area (Å²) < 4.78 is 0.959. The number of amides is 1. The topological polar surface area (TPSA) is 54.0 Å². The second kappa shape index (κ2) is 6.68. The molecule has 110 valence electrons. The van der Waals surface area contributed by atoms with E-state index in [2.05, 4.69) is 38.5 Å². The third-order valence-corrected chi connectivity index (χ3v) is 4.89. The zero-order valence-corrected chi connectivity index (χ0v) is 13.7. The number of rotatable bonds is 4. The van der Waals surface area contributed by atoms with E-state index in [1.165, 1.54) is 0 Å². The number of halogens is 1. The van der Waals surface area contributed by atoms with Crippen LogP contribution in [0.4, 0.5) is 5.82 Å². The van der Waals surface area contributed by atoms with E-state index in [1.54, 1.807) is 6.20 Å². The van der Waals surface area contributed by atoms with E-state index < -0.39 is 0 Å². The molecule has 1 fully saturated rings. The maximum atomic E-state index is 12.7. The first kappa shape index (κ1) is 15.4. The van der Waals surface area contributed by atoms with Crippen LogP contribution in [0.25, 0.3) is 0 Å². The second-order valence-corrected chi connectivity index (χ2v) is 6.41. The summed E-state index contributed by atoms with van der Waals surface area (Å²) >= 11 is 3.42. The van der Waals surface area contributed by atoms with E-state index in [-0.39, 0.29) is 11.3 Å². The molecule has 0 unspecified atom stereocenters. The molecule has 1 aliphatic heterocycles. The van der Waals surface area contributed by atoms with Crippen molar-refractivity contribution in [2.75, 3.05) is 18.4 Å². The lowest BCUT2D eigenvalue weighted by Gasteiger charge is -2.36. The van der Waals surface area contributed by atoms with Crippen molar-refractivity contribution in [3.63, 3.8) is 0 Å². The molecule has 20 heavy (non-hydrogen) atoms. The van der Waals surface area contributed by atoms with E-state index >= 15 is 0 Å². The summed E-state index contributed by atoms with van der Waals surface area (Å²) in [6.07, 6.45) is 5.51. The van der Waals surface area contributed by atoms with Gasteiger partial charge in [0.1, 0.15) is 5.82 Å². The van der Waals surface area contributed by atoms with Crippen LogP contribution in [0.5, 0.6) is 0 Å². The van der Waals surface area contributed by atoms with Gasteiger partial charge in [0.25, 0.3) is 0 Å². The van der Waals surface area contributed by atoms with Gasteiger partial charge in [-0.2, -0.15) is 0 Å². The molecule has 2 rings (SSSR count). The van der Waals surface area contributed by atoms with Gasteiger partial charge in [-0.1, -0.05) is 13.3 Å². The monoisotopic (exact) mass is 339 g/mol. The number of nitrogens with one attached hydrogen (secondary N) is 2. The van der Waals surface area contributed by atoms with Crippen molar-refractivity contribution in [2.45, 2.75) is 39.5 Å². The molecule has 5 heteroatoms. The quantitative estimate of drug-likeness (QED) is 0.885. The Labute approximate surface area is 128 Å². The Kier molecular flexibility index (Phi) is 5.16. The number of hydrogen-bond donors (Lipinski definition) is 2. The lowest BCUT2D eigenvalue weighted by atomic mass is 9.74. The fourth-order valence-electron chi connectivity index (χ4n) is 2.83. The van der Waals surface area contributed by atoms with Gasteiger partial charge in [0.05, 0.1) is 5.41 Å². The molecule has 2 N–H and O–H groups in total. The van der Waals surface area contributed by atoms with Gasteiger partial charge in [-0.15, -0.1) is 0 Å². The van der Waals surface area contributed by atoms with Crippen LogP contribution in [-0.2, 0) is 4.79 Å². The molecule has 0 aliphatic carbocycles. The molecule has 4 nitrogen and oxygen atoms in total. The first-order valence-corrected chi connectivity index (χ1v) is 8.01. The van der Waals surface area contributed by atoms with Crippen LogP contribution in [0.1, 0.15) is 38.2 Å². The van der Waals surface area contributed by atoms with Gasteiger partial charge in [-0.05, 0) is 66.8 Å². The normalized spacial score (nSPS) is 17.8. The van der Waals surface area contributed by atoms with Gasteiger partial charge >= 0.3 is 0 Å². The van der Waals surface area contributed by atoms with E-state index in [0.29, 0.717) is 5.82 Å². The summed E-state index contributed by atoms with van der Waals surface area (Å²) in [6, 6.07) is 1.91. The predicted octanol–water partition coefficient (Wildman–Crippen LogP) is 3.26. The lowest BCUT2D eigenvalue weighted by Crippen LogP contribution is -2.45. The number of hydrogen-bond acceptors (Lipinski definition) is 3. The molecule has 0 bridgehead atoms. The smallest absolute Gasteiger partial charge is 0.231 e. The number of carbonyl (C=O) groups is 1. The van der Waals surface area contributed by atoms with Crippen molar-refractivity contribution in [3.8, 4) is 0 Å². The predicted molar refractivity (Wildman–Crippen MR) is 84.7 cm³/mol. The minimum Gasteiger partial charge on any atom is -0.317 e. The molecule has 1 aliphatic rings. The molecular formula is C15H22BrN3O. The molecule has 1 aromatic rings. The number of aromatic nitrogens is 1. The Morgan fingerprint density at radius 3 is 2.80 bits per heavy atom. The Balaban J connectivity index is 2.13. The fraction of sp³-hybridized carbons (Fsp3) is 0.600. The third-order valence-electron chi connectivity index (χ3n) is 4.06. The molecule has 1 saturated heterocycles. The third kappa shape index (κ3) is 3.38. The molecule has 1 aromatic heterocycles. The Bertz CT molecular complexity index is 478. The molecule has 0 spiro atoms. The first-order chi connectivity index (χ1) is 9.57. The summed E-state index contributed by atoms with van der Waals surface area (Å²) in [5.41, 5.74) is 0.841. The molecule has 0 atom stereocenters. The van der Waals surface area contributed by atoms with Crippen molar-refractivity contribution < 1.29 is 4.79 Å². The number of piperidine rings is 1. The maximum absolute atomic E-state index is 12.7. The van der Waals surface area contributed by atoms with Gasteiger partial charge in [0.2, 0.25) is 5.91 Å². The minimum atomic E-state index is -0.233. The molecule has 0 saturated carbocycles. The summed E-state index contributed by atoms with van der Waals surface area (Å²) in [6.45, 7) is 5.97. The van der Waals surface area contributed by atoms with Crippen LogP contribution in [0.3, 0.4) is 0 Å². The summed E-state index contributed by atoms with van der Waals surface area (Å²) in [5, 5.41) is 6.34. The second-order valence-electron chi connectivity index (χ2n) is 5.55. The Morgan fingerprint density at radius 1 is 1.50 bits per heavy atom. The Hall–Kier alpha value is -0.940. The SMILES string of the molecule is CCCC1(C(=O)Nc2cc(C)c(Br)cn2)CCNCC1. The first-order valence-electron chi connectivity index (χ1n) is 7.22. The van der Waals surface area contributed by atoms with E-state index in [4.69, 9.17) is 0 Å². The highest BCUT2D eigenvalue weighted by Gasteiger charge is 2.38. The fourth-order valence-corrected chi connectivity index (χ4v) is 3.05. The van der Waals surface area contributed by atoms with Crippen molar-refractivity contribution in [1.29, 1.82) is 0 Å². The Morgan fingerprint density at radius 2 is 2.20 bits per heavy atom. The van der Waals surface area contributed by atoms with Gasteiger partial charge in [-0.25, -0.2) is 4.98 Å². The van der Waals surface area contributed by atoms with Crippen molar-refractivity contribution in [3.05, 3.63) is 22.3 Å². The largest absolute Gasteiger partial charge is 0.317 e. The van der Waals surface area contributed by atoms with Gasteiger partial charge in [-0.3, -0.25) is 4.79 Å². The van der Waals surface area contributed by atoms with E-state index in [9.17, 15) is 4.79 Å². The molecule has 0 aromatic carbocycles. The average molecular weight is 340 g/mol. The van der Waals surface area contributed by atoms with Crippen LogP contribution < -0.4 is 10.6 Å². The van der Waals surface area contributed by atoms with Gasteiger partial charge in [0, 0.05) is 10.7 Å². The van der Waals surface area contributed by atoms with Crippen molar-refractivity contribution in [1.82, 2.24) is 10.3 Å². The maximum Gasteiger partial charge on any atom is 0.231 e. The highest BCUT2D eigenvalue weighted by molar-refractivity contribution is 9.10. The molecular weight excluding hydrogens is 318 g/mol. The van der Waals surface area contributed by atoms with Gasteiger partial charge in [0.15, 0.2) is 0 Å². The zero-order valence-electron chi connectivity index (χ0n) is 12.1. The highest BCUT2D eigenvalue weighted by atomic mass is 79.9. The van der Waals surface area contributed by atoms with E-state index in [0.717, 1.165) is 48.8 Å². The summed E-state index contributed by atoms with van der Waals surface area (Å²) in [7, 11) is 0. The highest BCUT2D eigenvalue weighted by Crippen LogP contribution is 2.35. The number of aryl methyl sites for hydroxylation is 1. The number of pyridine rings is 1. The van der Waals surface area contributed by atoms with Crippen molar-refractivity contribution >= 4 is 27.7 Å². The van der Waals surface area contributed by atoms with Crippen molar-refractivity contribution in [2.24, 2.45) is 5.41 Å². The summed E-state index contributed by atoms with van der Waals surface area (Å²) in [4.78, 5) is 17.0. The van der Waals surface area contributed by atoms with Gasteiger partial charge < -0.3 is 10.6 Å². The van der Waals surface area contributed by atoms with E-state index in [1.807, 2.05) is 13.0 Å². The average Bonchev–Trinajstić information content (AvgIpc) is 2.44. The standard InChI is InChI=1S/C15H22BrN3O/c1-3-4-15(5-7-17-8-6-15)14(20)19-13-9-11(2)12(16)10-18-13/h9-10,17H,3-8H2,1-2H3,(H,18,19,20). The van der Waals surface area contributed by atoms with Crippen LogP contribution in [0.2, 0.25) is 0 Å². The molecule has 1 amide bonds. The number of anilines is 1. The van der Waals surface area contributed by atoms with Crippen LogP contribution in [0.15, 0.2) is 16.7 Å².